The summed E-state index contributed by atoms with van der Waals surface area (Å²) in [5.41, 5.74) is 7.37. The van der Waals surface area contributed by atoms with Gasteiger partial charge in [0.2, 0.25) is 0 Å². The van der Waals surface area contributed by atoms with Gasteiger partial charge in [0.1, 0.15) is 0 Å². The smallest absolute Gasteiger partial charge is 0.158 e. The number of methoxy groups -OCH3 is 2. The first-order chi connectivity index (χ1) is 9.78. The second kappa shape index (κ2) is 7.74. The molecular formula is C16H26N2O2. The van der Waals surface area contributed by atoms with Gasteiger partial charge in [0.25, 0.3) is 0 Å². The van der Waals surface area contributed by atoms with Crippen LogP contribution in [0.15, 0.2) is 30.3 Å². The van der Waals surface area contributed by atoms with Crippen LogP contribution in [0.3, 0.4) is 0 Å². The summed E-state index contributed by atoms with van der Waals surface area (Å²) in [5.74, 6) is 0.619. The van der Waals surface area contributed by atoms with E-state index < -0.39 is 0 Å². The summed E-state index contributed by atoms with van der Waals surface area (Å²) in [6.45, 7) is 2.82. The Balaban J connectivity index is 1.93. The van der Waals surface area contributed by atoms with Crippen LogP contribution in [0.1, 0.15) is 24.3 Å². The molecule has 1 aliphatic heterocycles. The van der Waals surface area contributed by atoms with E-state index in [9.17, 15) is 0 Å². The molecule has 1 heterocycles. The number of ether oxygens (including phenoxy) is 2. The molecule has 2 atom stereocenters. The van der Waals surface area contributed by atoms with Gasteiger partial charge in [0.05, 0.1) is 0 Å². The molecule has 1 aromatic carbocycles. The number of nitrogens with zero attached hydrogens (tertiary/aromatic N) is 1. The molecule has 20 heavy (non-hydrogen) atoms. The largest absolute Gasteiger partial charge is 0.356 e. The summed E-state index contributed by atoms with van der Waals surface area (Å²) in [5, 5.41) is 0. The van der Waals surface area contributed by atoms with E-state index in [1.807, 2.05) is 0 Å². The molecule has 4 nitrogen and oxygen atoms in total. The average molecular weight is 278 g/mol. The van der Waals surface area contributed by atoms with Gasteiger partial charge in [0, 0.05) is 39.8 Å². The highest BCUT2D eigenvalue weighted by Gasteiger charge is 2.29. The molecule has 1 fully saturated rings. The van der Waals surface area contributed by atoms with Crippen LogP contribution in [0.5, 0.6) is 0 Å². The number of likely N-dealkylation sites (tertiary alicyclic amines) is 1. The van der Waals surface area contributed by atoms with Gasteiger partial charge < -0.3 is 15.2 Å². The fraction of sp³-hybridized carbons (Fsp3) is 0.625. The second-order valence-corrected chi connectivity index (χ2v) is 5.42. The zero-order chi connectivity index (χ0) is 14.4. The third kappa shape index (κ3) is 3.79. The second-order valence-electron chi connectivity index (χ2n) is 5.42. The molecule has 112 valence electrons. The summed E-state index contributed by atoms with van der Waals surface area (Å²) < 4.78 is 10.6. The van der Waals surface area contributed by atoms with Gasteiger partial charge in [-0.2, -0.15) is 0 Å². The van der Waals surface area contributed by atoms with Gasteiger partial charge in [-0.1, -0.05) is 30.3 Å². The molecule has 0 amide bonds. The number of nitrogens with two attached hydrogens (primary N) is 1. The molecule has 1 saturated heterocycles. The lowest BCUT2D eigenvalue weighted by Crippen LogP contribution is -2.42. The highest BCUT2D eigenvalue weighted by molar-refractivity contribution is 5.21. The van der Waals surface area contributed by atoms with Crippen molar-refractivity contribution in [3.8, 4) is 0 Å². The molecule has 2 rings (SSSR count). The normalized spacial score (nSPS) is 21.5. The lowest BCUT2D eigenvalue weighted by atomic mass is 9.99. The number of rotatable bonds is 7. The van der Waals surface area contributed by atoms with E-state index in [4.69, 9.17) is 15.2 Å². The van der Waals surface area contributed by atoms with Crippen molar-refractivity contribution in [2.75, 3.05) is 33.9 Å². The minimum atomic E-state index is -0.167. The van der Waals surface area contributed by atoms with Crippen LogP contribution in [0.4, 0.5) is 0 Å². The molecule has 4 heteroatoms. The van der Waals surface area contributed by atoms with Crippen LogP contribution < -0.4 is 5.73 Å². The lowest BCUT2D eigenvalue weighted by Gasteiger charge is -2.29. The Bertz CT molecular complexity index is 381. The molecule has 2 N–H and O–H groups in total. The molecule has 0 aromatic heterocycles. The van der Waals surface area contributed by atoms with Crippen LogP contribution in [0.2, 0.25) is 0 Å². The fourth-order valence-electron chi connectivity index (χ4n) is 3.02. The SMILES string of the molecule is COC(CC(CN)N1CCC(c2ccccc2)C1)OC. The Kier molecular flexibility index (Phi) is 5.98. The van der Waals surface area contributed by atoms with Gasteiger partial charge in [-0.05, 0) is 24.4 Å². The predicted molar refractivity (Wildman–Crippen MR) is 80.6 cm³/mol. The molecule has 0 spiro atoms. The Labute approximate surface area is 121 Å². The molecule has 0 aliphatic carbocycles. The van der Waals surface area contributed by atoms with Crippen LogP contribution in [0, 0.1) is 0 Å². The minimum absolute atomic E-state index is 0.167. The third-order valence-electron chi connectivity index (χ3n) is 4.27. The van der Waals surface area contributed by atoms with Crippen molar-refractivity contribution < 1.29 is 9.47 Å². The van der Waals surface area contributed by atoms with E-state index >= 15 is 0 Å². The van der Waals surface area contributed by atoms with Crippen molar-refractivity contribution in [3.05, 3.63) is 35.9 Å². The van der Waals surface area contributed by atoms with Crippen molar-refractivity contribution in [2.45, 2.75) is 31.1 Å². The topological polar surface area (TPSA) is 47.7 Å². The first-order valence-electron chi connectivity index (χ1n) is 7.33. The van der Waals surface area contributed by atoms with Crippen molar-refractivity contribution in [2.24, 2.45) is 5.73 Å². The summed E-state index contributed by atoms with van der Waals surface area (Å²) in [7, 11) is 3.36. The maximum absolute atomic E-state index is 5.94. The van der Waals surface area contributed by atoms with Crippen LogP contribution in [-0.2, 0) is 9.47 Å². The fourth-order valence-corrected chi connectivity index (χ4v) is 3.02. The summed E-state index contributed by atoms with van der Waals surface area (Å²) in [6.07, 6.45) is 1.86. The Morgan fingerprint density at radius 1 is 1.25 bits per heavy atom. The number of hydrogen-bond acceptors (Lipinski definition) is 4. The quantitative estimate of drug-likeness (QED) is 0.773. The van der Waals surface area contributed by atoms with E-state index in [0.717, 1.165) is 19.5 Å². The Morgan fingerprint density at radius 2 is 1.95 bits per heavy atom. The maximum Gasteiger partial charge on any atom is 0.158 e. The standard InChI is InChI=1S/C16H26N2O2/c1-19-16(20-2)10-15(11-17)18-9-8-14(12-18)13-6-4-3-5-7-13/h3-7,14-16H,8-12,17H2,1-2H3. The average Bonchev–Trinajstić information content (AvgIpc) is 2.99. The monoisotopic (exact) mass is 278 g/mol. The van der Waals surface area contributed by atoms with Gasteiger partial charge in [-0.25, -0.2) is 0 Å². The maximum atomic E-state index is 5.94. The van der Waals surface area contributed by atoms with Crippen molar-refractivity contribution in [3.63, 3.8) is 0 Å². The lowest BCUT2D eigenvalue weighted by molar-refractivity contribution is -0.115. The Morgan fingerprint density at radius 3 is 2.55 bits per heavy atom. The first-order valence-corrected chi connectivity index (χ1v) is 7.33. The molecule has 0 radical (unpaired) electrons. The summed E-state index contributed by atoms with van der Waals surface area (Å²) in [6, 6.07) is 11.1. The summed E-state index contributed by atoms with van der Waals surface area (Å²) in [4.78, 5) is 2.47. The van der Waals surface area contributed by atoms with E-state index in [-0.39, 0.29) is 6.29 Å². The molecule has 2 unspecified atom stereocenters. The number of hydrogen-bond donors (Lipinski definition) is 1. The molecular weight excluding hydrogens is 252 g/mol. The molecule has 1 aliphatic rings. The van der Waals surface area contributed by atoms with Crippen LogP contribution >= 0.6 is 0 Å². The Hall–Kier alpha value is -0.940. The van der Waals surface area contributed by atoms with Crippen molar-refractivity contribution in [1.29, 1.82) is 0 Å². The summed E-state index contributed by atoms with van der Waals surface area (Å²) >= 11 is 0. The van der Waals surface area contributed by atoms with E-state index in [2.05, 4.69) is 35.2 Å². The molecule has 0 saturated carbocycles. The highest BCUT2D eigenvalue weighted by atomic mass is 16.7. The third-order valence-corrected chi connectivity index (χ3v) is 4.27. The minimum Gasteiger partial charge on any atom is -0.356 e. The van der Waals surface area contributed by atoms with E-state index in [0.29, 0.717) is 18.5 Å². The molecule has 1 aromatic rings. The highest BCUT2D eigenvalue weighted by Crippen LogP contribution is 2.29. The predicted octanol–water partition coefficient (Wildman–Crippen LogP) is 1.81. The van der Waals surface area contributed by atoms with Crippen molar-refractivity contribution in [1.82, 2.24) is 4.90 Å². The van der Waals surface area contributed by atoms with E-state index in [1.165, 1.54) is 12.0 Å². The van der Waals surface area contributed by atoms with Gasteiger partial charge in [-0.3, -0.25) is 4.90 Å². The van der Waals surface area contributed by atoms with Crippen molar-refractivity contribution >= 4 is 0 Å². The van der Waals surface area contributed by atoms with E-state index in [1.54, 1.807) is 14.2 Å². The van der Waals surface area contributed by atoms with Gasteiger partial charge in [0.15, 0.2) is 6.29 Å². The zero-order valence-electron chi connectivity index (χ0n) is 12.5. The van der Waals surface area contributed by atoms with Crippen LogP contribution in [-0.4, -0.2) is 51.1 Å². The first kappa shape index (κ1) is 15.4. The molecule has 0 bridgehead atoms. The zero-order valence-corrected chi connectivity index (χ0v) is 12.5. The van der Waals surface area contributed by atoms with Gasteiger partial charge >= 0.3 is 0 Å². The number of benzene rings is 1. The van der Waals surface area contributed by atoms with Gasteiger partial charge in [-0.15, -0.1) is 0 Å². The van der Waals surface area contributed by atoms with Crippen LogP contribution in [0.25, 0.3) is 0 Å².